The number of esters is 1. The summed E-state index contributed by atoms with van der Waals surface area (Å²) in [6.07, 6.45) is 2.04. The molecular weight excluding hydrogens is 455 g/mol. The Bertz CT molecular complexity index is 560. The third-order valence-electron chi connectivity index (χ3n) is 4.09. The van der Waals surface area contributed by atoms with E-state index in [1.807, 2.05) is 24.3 Å². The van der Waals surface area contributed by atoms with Crippen LogP contribution in [0.4, 0.5) is 5.69 Å². The highest BCUT2D eigenvalue weighted by Crippen LogP contribution is 2.19. The molecule has 1 saturated heterocycles. The van der Waals surface area contributed by atoms with Crippen molar-refractivity contribution >= 4 is 53.2 Å². The molecule has 25 heavy (non-hydrogen) atoms. The van der Waals surface area contributed by atoms with E-state index in [1.165, 1.54) is 12.8 Å². The van der Waals surface area contributed by atoms with Gasteiger partial charge in [-0.15, -0.1) is 24.0 Å². The molecule has 8 heteroatoms. The van der Waals surface area contributed by atoms with Gasteiger partial charge in [0, 0.05) is 49.9 Å². The Labute approximate surface area is 171 Å². The fourth-order valence-electron chi connectivity index (χ4n) is 2.62. The van der Waals surface area contributed by atoms with Crippen LogP contribution in [0.3, 0.4) is 0 Å². The number of piperazine rings is 1. The van der Waals surface area contributed by atoms with Crippen LogP contribution in [0.25, 0.3) is 0 Å². The Hall–Kier alpha value is -1.22. The molecule has 0 aliphatic carbocycles. The lowest BCUT2D eigenvalue weighted by molar-refractivity contribution is -0.140. The third-order valence-corrected chi connectivity index (χ3v) is 4.34. The summed E-state index contributed by atoms with van der Waals surface area (Å²) in [4.78, 5) is 19.9. The fourth-order valence-corrected chi connectivity index (χ4v) is 2.75. The minimum Gasteiger partial charge on any atom is -0.469 e. The summed E-state index contributed by atoms with van der Waals surface area (Å²) in [6.45, 7) is 4.14. The van der Waals surface area contributed by atoms with Crippen molar-refractivity contribution < 1.29 is 9.53 Å². The summed E-state index contributed by atoms with van der Waals surface area (Å²) in [5.74, 6) is 0.411. The van der Waals surface area contributed by atoms with Crippen LogP contribution in [0, 0.1) is 0 Å². The second kappa shape index (κ2) is 11.4. The van der Waals surface area contributed by atoms with Gasteiger partial charge < -0.3 is 20.3 Å². The number of carbonyl (C=O) groups is 1. The van der Waals surface area contributed by atoms with Gasteiger partial charge in [-0.3, -0.25) is 9.79 Å². The van der Waals surface area contributed by atoms with Crippen LogP contribution in [-0.4, -0.2) is 56.7 Å². The first-order valence-corrected chi connectivity index (χ1v) is 8.60. The van der Waals surface area contributed by atoms with Crippen molar-refractivity contribution in [2.24, 2.45) is 10.7 Å². The van der Waals surface area contributed by atoms with E-state index in [0.29, 0.717) is 18.9 Å². The van der Waals surface area contributed by atoms with E-state index in [9.17, 15) is 4.79 Å². The molecule has 0 bridgehead atoms. The molecule has 1 aromatic rings. The van der Waals surface area contributed by atoms with E-state index in [0.717, 1.165) is 44.0 Å². The van der Waals surface area contributed by atoms with Crippen LogP contribution in [0.2, 0.25) is 5.02 Å². The Morgan fingerprint density at radius 3 is 2.44 bits per heavy atom. The van der Waals surface area contributed by atoms with Gasteiger partial charge in [-0.2, -0.15) is 0 Å². The van der Waals surface area contributed by atoms with Crippen LogP contribution in [0.15, 0.2) is 29.3 Å². The van der Waals surface area contributed by atoms with Crippen molar-refractivity contribution in [3.05, 3.63) is 29.3 Å². The van der Waals surface area contributed by atoms with Crippen LogP contribution >= 0.6 is 35.6 Å². The predicted octanol–water partition coefficient (Wildman–Crippen LogP) is 2.74. The molecule has 0 spiro atoms. The average Bonchev–Trinajstić information content (AvgIpc) is 2.62. The Morgan fingerprint density at radius 1 is 1.20 bits per heavy atom. The molecule has 140 valence electrons. The summed E-state index contributed by atoms with van der Waals surface area (Å²) >= 11 is 5.93. The Morgan fingerprint density at radius 2 is 1.84 bits per heavy atom. The molecule has 0 aromatic heterocycles. The highest BCUT2D eigenvalue weighted by atomic mass is 127. The maximum absolute atomic E-state index is 11.0. The van der Waals surface area contributed by atoms with Gasteiger partial charge in [-0.1, -0.05) is 11.6 Å². The maximum atomic E-state index is 11.0. The molecule has 0 unspecified atom stereocenters. The van der Waals surface area contributed by atoms with Gasteiger partial charge in [0.1, 0.15) is 0 Å². The van der Waals surface area contributed by atoms with Crippen molar-refractivity contribution in [1.29, 1.82) is 0 Å². The smallest absolute Gasteiger partial charge is 0.305 e. The van der Waals surface area contributed by atoms with Gasteiger partial charge >= 0.3 is 5.97 Å². The Kier molecular flexibility index (Phi) is 9.96. The second-order valence-electron chi connectivity index (χ2n) is 5.72. The van der Waals surface area contributed by atoms with E-state index in [4.69, 9.17) is 17.3 Å². The molecular formula is C17H26ClIN4O2. The number of hydrogen-bond donors (Lipinski definition) is 1. The number of anilines is 1. The Balaban J connectivity index is 0.00000312. The van der Waals surface area contributed by atoms with Gasteiger partial charge in [-0.05, 0) is 37.1 Å². The second-order valence-corrected chi connectivity index (χ2v) is 6.16. The van der Waals surface area contributed by atoms with Crippen LogP contribution in [0.5, 0.6) is 0 Å². The topological polar surface area (TPSA) is 71.2 Å². The van der Waals surface area contributed by atoms with Crippen molar-refractivity contribution in [1.82, 2.24) is 4.90 Å². The molecule has 0 saturated carbocycles. The lowest BCUT2D eigenvalue weighted by Gasteiger charge is -2.36. The van der Waals surface area contributed by atoms with Gasteiger partial charge in [0.15, 0.2) is 5.96 Å². The first-order chi connectivity index (χ1) is 11.6. The molecule has 0 amide bonds. The number of hydrogen-bond acceptors (Lipinski definition) is 4. The van der Waals surface area contributed by atoms with Crippen molar-refractivity contribution in [2.45, 2.75) is 19.3 Å². The first kappa shape index (κ1) is 21.8. The number of nitrogens with two attached hydrogens (primary N) is 1. The number of rotatable bonds is 6. The van der Waals surface area contributed by atoms with E-state index < -0.39 is 0 Å². The van der Waals surface area contributed by atoms with Crippen molar-refractivity contribution in [3.63, 3.8) is 0 Å². The molecule has 1 heterocycles. The summed E-state index contributed by atoms with van der Waals surface area (Å²) < 4.78 is 4.61. The number of benzene rings is 1. The number of methoxy groups -OCH3 is 1. The monoisotopic (exact) mass is 480 g/mol. The van der Waals surface area contributed by atoms with Gasteiger partial charge in [0.2, 0.25) is 0 Å². The minimum atomic E-state index is -0.176. The van der Waals surface area contributed by atoms with Crippen LogP contribution in [0.1, 0.15) is 19.3 Å². The summed E-state index contributed by atoms with van der Waals surface area (Å²) in [7, 11) is 1.40. The summed E-state index contributed by atoms with van der Waals surface area (Å²) in [5.41, 5.74) is 7.25. The largest absolute Gasteiger partial charge is 0.469 e. The molecule has 1 aliphatic rings. The van der Waals surface area contributed by atoms with E-state index >= 15 is 0 Å². The number of aliphatic imine (C=N–C) groups is 1. The quantitative estimate of drug-likeness (QED) is 0.223. The fraction of sp³-hybridized carbons (Fsp3) is 0.529. The molecule has 6 nitrogen and oxygen atoms in total. The number of guanidine groups is 1. The first-order valence-electron chi connectivity index (χ1n) is 8.22. The number of nitrogens with zero attached hydrogens (tertiary/aromatic N) is 3. The zero-order valence-corrected chi connectivity index (χ0v) is 17.6. The molecule has 1 aromatic carbocycles. The number of carbonyl (C=O) groups excluding carboxylic acids is 1. The zero-order chi connectivity index (χ0) is 17.4. The summed E-state index contributed by atoms with van der Waals surface area (Å²) in [5, 5.41) is 0.751. The summed E-state index contributed by atoms with van der Waals surface area (Å²) in [6, 6.07) is 7.90. The molecule has 1 aliphatic heterocycles. The minimum absolute atomic E-state index is 0. The number of unbranched alkanes of at least 4 members (excludes halogenated alkanes) is 1. The lowest BCUT2D eigenvalue weighted by atomic mass is 10.2. The van der Waals surface area contributed by atoms with Crippen LogP contribution in [-0.2, 0) is 9.53 Å². The van der Waals surface area contributed by atoms with E-state index in [1.54, 1.807) is 0 Å². The highest BCUT2D eigenvalue weighted by Gasteiger charge is 2.18. The normalized spacial score (nSPS) is 14.9. The molecule has 1 fully saturated rings. The lowest BCUT2D eigenvalue weighted by Crippen LogP contribution is -2.51. The van der Waals surface area contributed by atoms with E-state index in [2.05, 4.69) is 19.5 Å². The third kappa shape index (κ3) is 7.27. The van der Waals surface area contributed by atoms with Gasteiger partial charge in [-0.25, -0.2) is 0 Å². The number of halogens is 2. The van der Waals surface area contributed by atoms with Gasteiger partial charge in [0.05, 0.1) is 7.11 Å². The SMILES string of the molecule is COC(=O)CCCCN=C(N)N1CCN(c2ccc(Cl)cc2)CC1.I. The molecule has 2 rings (SSSR count). The standard InChI is InChI=1S/C17H25ClN4O2.HI/c1-24-16(23)4-2-3-9-20-17(19)22-12-10-21(11-13-22)15-7-5-14(18)6-8-15;/h5-8H,2-4,9-13H2,1H3,(H2,19,20);1H. The van der Waals surface area contributed by atoms with Crippen molar-refractivity contribution in [2.75, 3.05) is 44.7 Å². The highest BCUT2D eigenvalue weighted by molar-refractivity contribution is 14.0. The molecule has 0 radical (unpaired) electrons. The van der Waals surface area contributed by atoms with Crippen LogP contribution < -0.4 is 10.6 Å². The molecule has 0 atom stereocenters. The van der Waals surface area contributed by atoms with Crippen molar-refractivity contribution in [3.8, 4) is 0 Å². The predicted molar refractivity (Wildman–Crippen MR) is 113 cm³/mol. The van der Waals surface area contributed by atoms with Gasteiger partial charge in [0.25, 0.3) is 0 Å². The molecule has 2 N–H and O–H groups in total. The maximum Gasteiger partial charge on any atom is 0.305 e. The average molecular weight is 481 g/mol. The number of ether oxygens (including phenoxy) is 1. The van der Waals surface area contributed by atoms with E-state index in [-0.39, 0.29) is 29.9 Å². The zero-order valence-electron chi connectivity index (χ0n) is 14.5.